The maximum absolute atomic E-state index is 12.4. The van der Waals surface area contributed by atoms with Gasteiger partial charge in [0.25, 0.3) is 5.91 Å². The number of likely N-dealkylation sites (tertiary alicyclic amines) is 1. The third kappa shape index (κ3) is 4.53. The standard InChI is InChI=1S/C18H21N5O3/c1-12-9-20-16(11-19-12)18(25)23-7-5-15(6-8-23)26-17-4-3-14(10-21-17)22-13(2)24/h3-4,9-11,15H,5-8H2,1-2H3,(H,22,24). The van der Waals surface area contributed by atoms with Crippen LogP contribution in [-0.2, 0) is 4.79 Å². The summed E-state index contributed by atoms with van der Waals surface area (Å²) in [5.41, 5.74) is 1.78. The molecule has 26 heavy (non-hydrogen) atoms. The lowest BCUT2D eigenvalue weighted by Crippen LogP contribution is -2.42. The molecule has 8 heteroatoms. The fourth-order valence-electron chi connectivity index (χ4n) is 2.74. The Morgan fingerprint density at radius 3 is 2.46 bits per heavy atom. The zero-order valence-corrected chi connectivity index (χ0v) is 14.8. The molecule has 0 aliphatic carbocycles. The molecule has 0 aromatic carbocycles. The van der Waals surface area contributed by atoms with E-state index in [0.717, 1.165) is 18.5 Å². The maximum atomic E-state index is 12.4. The summed E-state index contributed by atoms with van der Waals surface area (Å²) < 4.78 is 5.88. The largest absolute Gasteiger partial charge is 0.474 e. The Balaban J connectivity index is 1.51. The van der Waals surface area contributed by atoms with Gasteiger partial charge in [-0.15, -0.1) is 0 Å². The van der Waals surface area contributed by atoms with Crippen molar-refractivity contribution in [1.29, 1.82) is 0 Å². The lowest BCUT2D eigenvalue weighted by molar-refractivity contribution is -0.114. The lowest BCUT2D eigenvalue weighted by atomic mass is 10.1. The molecule has 0 atom stereocenters. The van der Waals surface area contributed by atoms with Gasteiger partial charge in [-0.05, 0) is 13.0 Å². The topological polar surface area (TPSA) is 97.3 Å². The number of hydrogen-bond acceptors (Lipinski definition) is 6. The molecular formula is C18H21N5O3. The fraction of sp³-hybridized carbons (Fsp3) is 0.389. The van der Waals surface area contributed by atoms with Crippen LogP contribution in [0.15, 0.2) is 30.7 Å². The summed E-state index contributed by atoms with van der Waals surface area (Å²) in [6.07, 6.45) is 6.12. The number of carbonyl (C=O) groups is 2. The predicted octanol–water partition coefficient (Wildman–Crippen LogP) is 1.82. The molecule has 2 aromatic rings. The van der Waals surface area contributed by atoms with Crippen LogP contribution in [0, 0.1) is 6.92 Å². The zero-order valence-electron chi connectivity index (χ0n) is 14.8. The Morgan fingerprint density at radius 2 is 1.88 bits per heavy atom. The van der Waals surface area contributed by atoms with Crippen molar-refractivity contribution < 1.29 is 14.3 Å². The highest BCUT2D eigenvalue weighted by Crippen LogP contribution is 2.19. The average Bonchev–Trinajstić information content (AvgIpc) is 2.64. The number of pyridine rings is 1. The van der Waals surface area contributed by atoms with Crippen molar-refractivity contribution in [2.45, 2.75) is 32.8 Å². The van der Waals surface area contributed by atoms with Crippen molar-refractivity contribution in [2.75, 3.05) is 18.4 Å². The molecule has 0 spiro atoms. The Labute approximate surface area is 151 Å². The van der Waals surface area contributed by atoms with E-state index < -0.39 is 0 Å². The van der Waals surface area contributed by atoms with Gasteiger partial charge >= 0.3 is 0 Å². The van der Waals surface area contributed by atoms with E-state index in [4.69, 9.17) is 4.74 Å². The van der Waals surface area contributed by atoms with Crippen molar-refractivity contribution in [2.24, 2.45) is 0 Å². The molecule has 3 heterocycles. The number of carbonyl (C=O) groups excluding carboxylic acids is 2. The first-order valence-corrected chi connectivity index (χ1v) is 8.49. The monoisotopic (exact) mass is 355 g/mol. The van der Waals surface area contributed by atoms with Crippen LogP contribution >= 0.6 is 0 Å². The van der Waals surface area contributed by atoms with E-state index >= 15 is 0 Å². The Hall–Kier alpha value is -3.03. The Morgan fingerprint density at radius 1 is 1.12 bits per heavy atom. The van der Waals surface area contributed by atoms with Crippen LogP contribution in [0.25, 0.3) is 0 Å². The van der Waals surface area contributed by atoms with E-state index in [1.54, 1.807) is 29.4 Å². The van der Waals surface area contributed by atoms with Crippen molar-refractivity contribution in [3.63, 3.8) is 0 Å². The normalized spacial score (nSPS) is 14.8. The minimum absolute atomic E-state index is 0.00210. The molecule has 0 saturated carbocycles. The molecule has 0 radical (unpaired) electrons. The minimum atomic E-state index is -0.143. The molecule has 1 fully saturated rings. The summed E-state index contributed by atoms with van der Waals surface area (Å²) in [5, 5.41) is 2.66. The first kappa shape index (κ1) is 17.8. The van der Waals surface area contributed by atoms with E-state index in [9.17, 15) is 9.59 Å². The maximum Gasteiger partial charge on any atom is 0.274 e. The second kappa shape index (κ2) is 7.90. The quantitative estimate of drug-likeness (QED) is 0.898. The number of ether oxygens (including phenoxy) is 1. The number of rotatable bonds is 4. The van der Waals surface area contributed by atoms with Gasteiger partial charge in [-0.1, -0.05) is 0 Å². The first-order valence-electron chi connectivity index (χ1n) is 8.49. The molecule has 3 rings (SSSR count). The summed E-state index contributed by atoms with van der Waals surface area (Å²) in [6, 6.07) is 3.48. The van der Waals surface area contributed by atoms with Crippen LogP contribution in [0.2, 0.25) is 0 Å². The number of anilines is 1. The number of nitrogens with one attached hydrogen (secondary N) is 1. The third-order valence-corrected chi connectivity index (χ3v) is 4.07. The highest BCUT2D eigenvalue weighted by Gasteiger charge is 2.25. The summed E-state index contributed by atoms with van der Waals surface area (Å²) in [4.78, 5) is 37.7. The van der Waals surface area contributed by atoms with Gasteiger partial charge in [-0.2, -0.15) is 0 Å². The van der Waals surface area contributed by atoms with Gasteiger partial charge in [-0.3, -0.25) is 14.6 Å². The van der Waals surface area contributed by atoms with Gasteiger partial charge < -0.3 is 15.0 Å². The number of nitrogens with zero attached hydrogens (tertiary/aromatic N) is 4. The molecule has 2 aromatic heterocycles. The third-order valence-electron chi connectivity index (χ3n) is 4.07. The van der Waals surface area contributed by atoms with Gasteiger partial charge in [0.05, 0.1) is 23.8 Å². The first-order chi connectivity index (χ1) is 12.5. The Kier molecular flexibility index (Phi) is 5.40. The summed E-state index contributed by atoms with van der Waals surface area (Å²) in [7, 11) is 0. The summed E-state index contributed by atoms with van der Waals surface area (Å²) in [6.45, 7) is 4.48. The molecule has 1 N–H and O–H groups in total. The summed E-state index contributed by atoms with van der Waals surface area (Å²) >= 11 is 0. The highest BCUT2D eigenvalue weighted by molar-refractivity contribution is 5.92. The number of hydrogen-bond donors (Lipinski definition) is 1. The second-order valence-electron chi connectivity index (χ2n) is 6.22. The van der Waals surface area contributed by atoms with Gasteiger partial charge in [-0.25, -0.2) is 9.97 Å². The molecule has 2 amide bonds. The highest BCUT2D eigenvalue weighted by atomic mass is 16.5. The predicted molar refractivity (Wildman–Crippen MR) is 94.9 cm³/mol. The summed E-state index contributed by atoms with van der Waals surface area (Å²) in [5.74, 6) is 0.262. The molecule has 8 nitrogen and oxygen atoms in total. The van der Waals surface area contributed by atoms with E-state index in [0.29, 0.717) is 30.4 Å². The van der Waals surface area contributed by atoms with Crippen LogP contribution in [0.3, 0.4) is 0 Å². The number of aryl methyl sites for hydroxylation is 1. The van der Waals surface area contributed by atoms with Gasteiger partial charge in [0.15, 0.2) is 0 Å². The van der Waals surface area contributed by atoms with Gasteiger partial charge in [0, 0.05) is 45.1 Å². The van der Waals surface area contributed by atoms with Crippen LogP contribution in [0.4, 0.5) is 5.69 Å². The number of piperidine rings is 1. The van der Waals surface area contributed by atoms with Crippen molar-refractivity contribution in [3.05, 3.63) is 42.1 Å². The van der Waals surface area contributed by atoms with Gasteiger partial charge in [0.1, 0.15) is 11.8 Å². The van der Waals surface area contributed by atoms with Crippen molar-refractivity contribution >= 4 is 17.5 Å². The van der Waals surface area contributed by atoms with E-state index in [1.807, 2.05) is 6.92 Å². The van der Waals surface area contributed by atoms with Gasteiger partial charge in [0.2, 0.25) is 11.8 Å². The molecule has 136 valence electrons. The van der Waals surface area contributed by atoms with Crippen LogP contribution in [-0.4, -0.2) is 50.9 Å². The second-order valence-corrected chi connectivity index (χ2v) is 6.22. The molecular weight excluding hydrogens is 334 g/mol. The molecule has 0 unspecified atom stereocenters. The van der Waals surface area contributed by atoms with Crippen molar-refractivity contribution in [3.8, 4) is 5.88 Å². The zero-order chi connectivity index (χ0) is 18.5. The molecule has 0 bridgehead atoms. The van der Waals surface area contributed by atoms with E-state index in [2.05, 4.69) is 20.3 Å². The smallest absolute Gasteiger partial charge is 0.274 e. The lowest BCUT2D eigenvalue weighted by Gasteiger charge is -2.31. The molecule has 1 aliphatic heterocycles. The van der Waals surface area contributed by atoms with E-state index in [-0.39, 0.29) is 17.9 Å². The fourth-order valence-corrected chi connectivity index (χ4v) is 2.74. The average molecular weight is 355 g/mol. The number of aromatic nitrogens is 3. The molecule has 1 saturated heterocycles. The minimum Gasteiger partial charge on any atom is -0.474 e. The Bertz CT molecular complexity index is 768. The van der Waals surface area contributed by atoms with E-state index in [1.165, 1.54) is 13.1 Å². The van der Waals surface area contributed by atoms with Crippen LogP contribution < -0.4 is 10.1 Å². The van der Waals surface area contributed by atoms with Crippen LogP contribution in [0.1, 0.15) is 35.9 Å². The number of amides is 2. The SMILES string of the molecule is CC(=O)Nc1ccc(OC2CCN(C(=O)c3cnc(C)cn3)CC2)nc1. The van der Waals surface area contributed by atoms with Crippen LogP contribution in [0.5, 0.6) is 5.88 Å². The molecule has 1 aliphatic rings. The van der Waals surface area contributed by atoms with Crippen molar-refractivity contribution in [1.82, 2.24) is 19.9 Å².